The number of anilines is 1. The molecule has 0 amide bonds. The summed E-state index contributed by atoms with van der Waals surface area (Å²) >= 11 is 5.78. The number of nitrogens with zero attached hydrogens (tertiary/aromatic N) is 1. The molecule has 96 valence electrons. The highest BCUT2D eigenvalue weighted by Crippen LogP contribution is 2.20. The number of hydrogen-bond acceptors (Lipinski definition) is 2. The van der Waals surface area contributed by atoms with Crippen LogP contribution in [0.3, 0.4) is 0 Å². The molecule has 0 heterocycles. The first-order valence-corrected chi connectivity index (χ1v) is 5.85. The first-order chi connectivity index (χ1) is 9.10. The predicted molar refractivity (Wildman–Crippen MR) is 69.9 cm³/mol. The van der Waals surface area contributed by atoms with Crippen molar-refractivity contribution in [1.82, 2.24) is 0 Å². The van der Waals surface area contributed by atoms with Crippen LogP contribution in [0, 0.1) is 23.0 Å². The third-order valence-electron chi connectivity index (χ3n) is 2.57. The van der Waals surface area contributed by atoms with Gasteiger partial charge in [0.25, 0.3) is 0 Å². The topological polar surface area (TPSA) is 35.8 Å². The molecular weight excluding hydrogens is 270 g/mol. The van der Waals surface area contributed by atoms with Crippen molar-refractivity contribution in [3.63, 3.8) is 0 Å². The molecule has 2 aromatic rings. The van der Waals surface area contributed by atoms with Gasteiger partial charge in [-0.2, -0.15) is 5.26 Å². The van der Waals surface area contributed by atoms with E-state index in [-0.39, 0.29) is 6.54 Å². The Morgan fingerprint density at radius 3 is 2.58 bits per heavy atom. The highest BCUT2D eigenvalue weighted by atomic mass is 35.5. The lowest BCUT2D eigenvalue weighted by molar-refractivity contribution is 0.507. The average Bonchev–Trinajstić information content (AvgIpc) is 2.41. The fraction of sp³-hybridized carbons (Fsp3) is 0.0714. The van der Waals surface area contributed by atoms with Gasteiger partial charge in [0.05, 0.1) is 11.3 Å². The Kier molecular flexibility index (Phi) is 3.98. The maximum Gasteiger partial charge on any atom is 0.159 e. The number of nitriles is 1. The molecule has 5 heteroatoms. The summed E-state index contributed by atoms with van der Waals surface area (Å²) in [4.78, 5) is 0. The molecule has 2 aromatic carbocycles. The minimum absolute atomic E-state index is 0.285. The molecule has 0 aromatic heterocycles. The molecular formula is C14H9ClF2N2. The van der Waals surface area contributed by atoms with Crippen LogP contribution in [0.25, 0.3) is 0 Å². The molecule has 0 spiro atoms. The van der Waals surface area contributed by atoms with Crippen LogP contribution in [0.5, 0.6) is 0 Å². The summed E-state index contributed by atoms with van der Waals surface area (Å²) in [5, 5.41) is 12.4. The number of rotatable bonds is 3. The maximum absolute atomic E-state index is 13.0. The standard InChI is InChI=1S/C14H9ClF2N2/c15-11-2-4-14(10(6-11)7-18)19-8-9-1-3-12(16)13(17)5-9/h1-6,19H,8H2. The van der Waals surface area contributed by atoms with E-state index in [1.54, 1.807) is 12.1 Å². The minimum atomic E-state index is -0.893. The second-order valence-corrected chi connectivity index (χ2v) is 4.34. The molecule has 0 saturated heterocycles. The van der Waals surface area contributed by atoms with Crippen LogP contribution in [0.2, 0.25) is 5.02 Å². The zero-order valence-corrected chi connectivity index (χ0v) is 10.5. The Hall–Kier alpha value is -2.12. The molecule has 1 N–H and O–H groups in total. The van der Waals surface area contributed by atoms with E-state index in [1.807, 2.05) is 6.07 Å². The van der Waals surface area contributed by atoms with Crippen LogP contribution < -0.4 is 5.32 Å². The monoisotopic (exact) mass is 278 g/mol. The second kappa shape index (κ2) is 5.68. The Labute approximate surface area is 114 Å². The van der Waals surface area contributed by atoms with Gasteiger partial charge in [-0.15, -0.1) is 0 Å². The van der Waals surface area contributed by atoms with Gasteiger partial charge in [-0.25, -0.2) is 8.78 Å². The third-order valence-corrected chi connectivity index (χ3v) is 2.80. The lowest BCUT2D eigenvalue weighted by Crippen LogP contribution is -2.02. The van der Waals surface area contributed by atoms with Crippen molar-refractivity contribution < 1.29 is 8.78 Å². The van der Waals surface area contributed by atoms with E-state index in [0.717, 1.165) is 12.1 Å². The third kappa shape index (κ3) is 3.21. The van der Waals surface area contributed by atoms with E-state index in [1.165, 1.54) is 12.1 Å². The Morgan fingerprint density at radius 1 is 1.11 bits per heavy atom. The van der Waals surface area contributed by atoms with Crippen LogP contribution in [0.4, 0.5) is 14.5 Å². The number of benzene rings is 2. The maximum atomic E-state index is 13.0. The molecule has 0 bridgehead atoms. The second-order valence-electron chi connectivity index (χ2n) is 3.90. The summed E-state index contributed by atoms with van der Waals surface area (Å²) < 4.78 is 25.8. The van der Waals surface area contributed by atoms with Gasteiger partial charge in [0.2, 0.25) is 0 Å². The molecule has 0 aliphatic carbocycles. The largest absolute Gasteiger partial charge is 0.380 e. The fourth-order valence-electron chi connectivity index (χ4n) is 1.61. The molecule has 0 radical (unpaired) electrons. The molecule has 0 fully saturated rings. The molecule has 0 aliphatic heterocycles. The summed E-state index contributed by atoms with van der Waals surface area (Å²) in [6, 6.07) is 10.5. The lowest BCUT2D eigenvalue weighted by atomic mass is 10.1. The van der Waals surface area contributed by atoms with Crippen LogP contribution >= 0.6 is 11.6 Å². The number of nitrogens with one attached hydrogen (secondary N) is 1. The van der Waals surface area contributed by atoms with E-state index >= 15 is 0 Å². The van der Waals surface area contributed by atoms with E-state index in [4.69, 9.17) is 16.9 Å². The molecule has 0 saturated carbocycles. The van der Waals surface area contributed by atoms with Crippen molar-refractivity contribution in [1.29, 1.82) is 5.26 Å². The molecule has 2 rings (SSSR count). The van der Waals surface area contributed by atoms with Crippen LogP contribution in [0.1, 0.15) is 11.1 Å². The van der Waals surface area contributed by atoms with E-state index in [0.29, 0.717) is 21.8 Å². The summed E-state index contributed by atoms with van der Waals surface area (Å²) in [5.74, 6) is -1.77. The van der Waals surface area contributed by atoms with Crippen LogP contribution in [-0.4, -0.2) is 0 Å². The normalized spacial score (nSPS) is 10.0. The number of hydrogen-bond donors (Lipinski definition) is 1. The average molecular weight is 279 g/mol. The highest BCUT2D eigenvalue weighted by Gasteiger charge is 2.05. The van der Waals surface area contributed by atoms with Crippen molar-refractivity contribution >= 4 is 17.3 Å². The molecule has 2 nitrogen and oxygen atoms in total. The molecule has 0 atom stereocenters. The Balaban J connectivity index is 2.14. The van der Waals surface area contributed by atoms with Crippen molar-refractivity contribution in [2.24, 2.45) is 0 Å². The molecule has 0 unspecified atom stereocenters. The Bertz CT molecular complexity index is 650. The molecule has 0 aliphatic rings. The summed E-state index contributed by atoms with van der Waals surface area (Å²) in [6.45, 7) is 0.285. The first kappa shape index (κ1) is 13.3. The van der Waals surface area contributed by atoms with E-state index in [9.17, 15) is 8.78 Å². The fourth-order valence-corrected chi connectivity index (χ4v) is 1.78. The summed E-state index contributed by atoms with van der Waals surface area (Å²) in [6.07, 6.45) is 0. The smallest absolute Gasteiger partial charge is 0.159 e. The quantitative estimate of drug-likeness (QED) is 0.917. The van der Waals surface area contributed by atoms with Crippen molar-refractivity contribution in [3.05, 3.63) is 64.2 Å². The van der Waals surface area contributed by atoms with E-state index < -0.39 is 11.6 Å². The van der Waals surface area contributed by atoms with Crippen LogP contribution in [0.15, 0.2) is 36.4 Å². The van der Waals surface area contributed by atoms with Gasteiger partial charge >= 0.3 is 0 Å². The van der Waals surface area contributed by atoms with Gasteiger partial charge in [-0.3, -0.25) is 0 Å². The van der Waals surface area contributed by atoms with Crippen molar-refractivity contribution in [2.45, 2.75) is 6.54 Å². The van der Waals surface area contributed by atoms with Gasteiger partial charge in [-0.05, 0) is 35.9 Å². The summed E-state index contributed by atoms with van der Waals surface area (Å²) in [7, 11) is 0. The SMILES string of the molecule is N#Cc1cc(Cl)ccc1NCc1ccc(F)c(F)c1. The first-order valence-electron chi connectivity index (χ1n) is 5.47. The number of halogens is 3. The van der Waals surface area contributed by atoms with Crippen molar-refractivity contribution in [3.8, 4) is 6.07 Å². The zero-order chi connectivity index (χ0) is 13.8. The highest BCUT2D eigenvalue weighted by molar-refractivity contribution is 6.30. The minimum Gasteiger partial charge on any atom is -0.380 e. The Morgan fingerprint density at radius 2 is 1.89 bits per heavy atom. The zero-order valence-electron chi connectivity index (χ0n) is 9.75. The van der Waals surface area contributed by atoms with Gasteiger partial charge < -0.3 is 5.32 Å². The molecule has 19 heavy (non-hydrogen) atoms. The van der Waals surface area contributed by atoms with Crippen LogP contribution in [-0.2, 0) is 6.54 Å². The van der Waals surface area contributed by atoms with E-state index in [2.05, 4.69) is 5.32 Å². The van der Waals surface area contributed by atoms with Gasteiger partial charge in [0.15, 0.2) is 11.6 Å². The predicted octanol–water partition coefficient (Wildman–Crippen LogP) is 4.10. The van der Waals surface area contributed by atoms with Crippen molar-refractivity contribution in [2.75, 3.05) is 5.32 Å². The summed E-state index contributed by atoms with van der Waals surface area (Å²) in [5.41, 5.74) is 1.57. The van der Waals surface area contributed by atoms with Gasteiger partial charge in [-0.1, -0.05) is 17.7 Å². The van der Waals surface area contributed by atoms with Gasteiger partial charge in [0, 0.05) is 11.6 Å². The lowest BCUT2D eigenvalue weighted by Gasteiger charge is -2.08. The van der Waals surface area contributed by atoms with Gasteiger partial charge in [0.1, 0.15) is 6.07 Å².